The lowest BCUT2D eigenvalue weighted by Crippen LogP contribution is -2.19. The Bertz CT molecular complexity index is 546. The van der Waals surface area contributed by atoms with Gasteiger partial charge < -0.3 is 14.6 Å². The van der Waals surface area contributed by atoms with E-state index in [9.17, 15) is 4.79 Å². The maximum Gasteiger partial charge on any atom is 0.332 e. The molecule has 1 atom stereocenters. The minimum absolute atomic E-state index is 0.188. The molecule has 1 unspecified atom stereocenters. The van der Waals surface area contributed by atoms with Crippen LogP contribution in [0, 0.1) is 6.92 Å². The number of carbonyl (C=O) groups is 1. The van der Waals surface area contributed by atoms with E-state index in [1.165, 1.54) is 0 Å². The zero-order valence-corrected chi connectivity index (χ0v) is 9.38. The summed E-state index contributed by atoms with van der Waals surface area (Å²) in [6.07, 6.45) is -0.640. The number of oxazole rings is 1. The number of fused-ring (bicyclic) bond motifs is 1. The van der Waals surface area contributed by atoms with Crippen LogP contribution in [-0.4, -0.2) is 27.3 Å². The molecule has 90 valence electrons. The van der Waals surface area contributed by atoms with Crippen molar-refractivity contribution in [1.29, 1.82) is 0 Å². The first kappa shape index (κ1) is 11.6. The molecule has 5 heteroatoms. The van der Waals surface area contributed by atoms with Crippen LogP contribution in [0.4, 0.5) is 0 Å². The Morgan fingerprint density at radius 3 is 3.00 bits per heavy atom. The second kappa shape index (κ2) is 4.55. The maximum atomic E-state index is 10.5. The minimum atomic E-state index is -1.32. The van der Waals surface area contributed by atoms with Crippen LogP contribution < -0.4 is 0 Å². The molecule has 0 bridgehead atoms. The number of rotatable bonds is 4. The van der Waals surface area contributed by atoms with Crippen LogP contribution in [0.1, 0.15) is 17.9 Å². The Morgan fingerprint density at radius 1 is 1.53 bits per heavy atom. The molecule has 0 aliphatic carbocycles. The normalized spacial score (nSPS) is 12.8. The third-order valence-corrected chi connectivity index (χ3v) is 2.55. The highest BCUT2D eigenvalue weighted by molar-refractivity contribution is 5.73. The second-order valence-electron chi connectivity index (χ2n) is 3.93. The predicted octanol–water partition coefficient (Wildman–Crippen LogP) is 1.51. The van der Waals surface area contributed by atoms with E-state index in [0.29, 0.717) is 17.9 Å². The van der Waals surface area contributed by atoms with Gasteiger partial charge >= 0.3 is 5.97 Å². The van der Waals surface area contributed by atoms with E-state index in [-0.39, 0.29) is 6.42 Å². The predicted molar refractivity (Wildman–Crippen MR) is 60.7 cm³/mol. The molecule has 1 aromatic heterocycles. The number of hydrogen-bond acceptors (Lipinski definition) is 4. The van der Waals surface area contributed by atoms with Crippen molar-refractivity contribution in [3.63, 3.8) is 0 Å². The third-order valence-electron chi connectivity index (χ3n) is 2.55. The molecule has 0 spiro atoms. The summed E-state index contributed by atoms with van der Waals surface area (Å²) in [5.41, 5.74) is 2.39. The Labute approximate surface area is 97.7 Å². The molecule has 2 aromatic rings. The summed E-state index contributed by atoms with van der Waals surface area (Å²) in [6, 6.07) is 5.51. The number of carboxylic acids is 1. The van der Waals surface area contributed by atoms with Gasteiger partial charge in [-0.1, -0.05) is 6.07 Å². The van der Waals surface area contributed by atoms with Crippen molar-refractivity contribution in [3.8, 4) is 0 Å². The monoisotopic (exact) mass is 235 g/mol. The van der Waals surface area contributed by atoms with Crippen LogP contribution in [0.25, 0.3) is 11.1 Å². The summed E-state index contributed by atoms with van der Waals surface area (Å²) >= 11 is 0. The molecular formula is C12H13NO4. The van der Waals surface area contributed by atoms with E-state index in [4.69, 9.17) is 14.6 Å². The quantitative estimate of drug-likeness (QED) is 0.839. The van der Waals surface area contributed by atoms with Gasteiger partial charge in [0.25, 0.3) is 0 Å². The van der Waals surface area contributed by atoms with Gasteiger partial charge in [0.05, 0.1) is 0 Å². The van der Waals surface area contributed by atoms with Crippen LogP contribution >= 0.6 is 0 Å². The minimum Gasteiger partial charge on any atom is -0.479 e. The van der Waals surface area contributed by atoms with Gasteiger partial charge in [-0.3, -0.25) is 0 Å². The standard InChI is InChI=1S/C12H13NO4/c1-7-13-9-4-2-8(6-11(9)17-7)3-5-10(14)12(15)16/h2,4,6,10,14H,3,5H2,1H3,(H,15,16). The first-order chi connectivity index (χ1) is 8.06. The summed E-state index contributed by atoms with van der Waals surface area (Å²) in [5.74, 6) is -0.593. The molecule has 0 fully saturated rings. The van der Waals surface area contributed by atoms with Crippen molar-refractivity contribution >= 4 is 17.1 Å². The van der Waals surface area contributed by atoms with E-state index < -0.39 is 12.1 Å². The number of hydrogen-bond donors (Lipinski definition) is 2. The Kier molecular flexibility index (Phi) is 3.10. The average Bonchev–Trinajstić information content (AvgIpc) is 2.64. The van der Waals surface area contributed by atoms with Crippen LogP contribution in [0.2, 0.25) is 0 Å². The topological polar surface area (TPSA) is 83.6 Å². The van der Waals surface area contributed by atoms with E-state index in [1.54, 1.807) is 6.92 Å². The smallest absolute Gasteiger partial charge is 0.332 e. The highest BCUT2D eigenvalue weighted by atomic mass is 16.4. The number of aliphatic carboxylic acids is 1. The number of benzene rings is 1. The Balaban J connectivity index is 2.11. The Hall–Kier alpha value is -1.88. The second-order valence-corrected chi connectivity index (χ2v) is 3.93. The molecule has 1 aromatic carbocycles. The summed E-state index contributed by atoms with van der Waals surface area (Å²) in [7, 11) is 0. The first-order valence-electron chi connectivity index (χ1n) is 5.33. The number of aryl methyl sites for hydroxylation is 2. The molecule has 0 aliphatic rings. The molecule has 0 radical (unpaired) electrons. The van der Waals surface area contributed by atoms with Crippen LogP contribution in [0.15, 0.2) is 22.6 Å². The highest BCUT2D eigenvalue weighted by Gasteiger charge is 2.13. The molecule has 1 heterocycles. The zero-order valence-electron chi connectivity index (χ0n) is 9.38. The lowest BCUT2D eigenvalue weighted by atomic mass is 10.1. The van der Waals surface area contributed by atoms with Gasteiger partial charge in [-0.2, -0.15) is 0 Å². The lowest BCUT2D eigenvalue weighted by Gasteiger charge is -2.04. The van der Waals surface area contributed by atoms with Crippen LogP contribution in [-0.2, 0) is 11.2 Å². The summed E-state index contributed by atoms with van der Waals surface area (Å²) < 4.78 is 5.37. The molecule has 0 saturated heterocycles. The number of carboxylic acid groups (broad SMARTS) is 1. The van der Waals surface area contributed by atoms with E-state index in [1.807, 2.05) is 18.2 Å². The number of aliphatic hydroxyl groups is 1. The maximum absolute atomic E-state index is 10.5. The van der Waals surface area contributed by atoms with Gasteiger partial charge in [0.2, 0.25) is 0 Å². The third kappa shape index (κ3) is 2.62. The van der Waals surface area contributed by atoms with Gasteiger partial charge in [0, 0.05) is 6.92 Å². The molecule has 5 nitrogen and oxygen atoms in total. The largest absolute Gasteiger partial charge is 0.479 e. The van der Waals surface area contributed by atoms with Gasteiger partial charge in [-0.05, 0) is 30.5 Å². The van der Waals surface area contributed by atoms with Crippen LogP contribution in [0.5, 0.6) is 0 Å². The molecule has 2 N–H and O–H groups in total. The summed E-state index contributed by atoms with van der Waals surface area (Å²) in [4.78, 5) is 14.6. The zero-order chi connectivity index (χ0) is 12.4. The molecule has 0 aliphatic heterocycles. The van der Waals surface area contributed by atoms with E-state index in [2.05, 4.69) is 4.98 Å². The average molecular weight is 235 g/mol. The van der Waals surface area contributed by atoms with E-state index in [0.717, 1.165) is 11.1 Å². The van der Waals surface area contributed by atoms with Crippen molar-refractivity contribution < 1.29 is 19.4 Å². The van der Waals surface area contributed by atoms with E-state index >= 15 is 0 Å². The first-order valence-corrected chi connectivity index (χ1v) is 5.33. The molecule has 0 amide bonds. The van der Waals surface area contributed by atoms with Gasteiger partial charge in [0.15, 0.2) is 17.6 Å². The van der Waals surface area contributed by atoms with Gasteiger partial charge in [-0.25, -0.2) is 9.78 Å². The van der Waals surface area contributed by atoms with Crippen molar-refractivity contribution in [2.24, 2.45) is 0 Å². The van der Waals surface area contributed by atoms with Gasteiger partial charge in [0.1, 0.15) is 5.52 Å². The Morgan fingerprint density at radius 2 is 2.29 bits per heavy atom. The van der Waals surface area contributed by atoms with Crippen molar-refractivity contribution in [1.82, 2.24) is 4.98 Å². The number of aromatic nitrogens is 1. The fraction of sp³-hybridized carbons (Fsp3) is 0.333. The molecule has 0 saturated carbocycles. The SMILES string of the molecule is Cc1nc2ccc(CCC(O)C(=O)O)cc2o1. The molecule has 17 heavy (non-hydrogen) atoms. The molecule has 2 rings (SSSR count). The van der Waals surface area contributed by atoms with Gasteiger partial charge in [-0.15, -0.1) is 0 Å². The van der Waals surface area contributed by atoms with Crippen molar-refractivity contribution in [2.75, 3.05) is 0 Å². The highest BCUT2D eigenvalue weighted by Crippen LogP contribution is 2.18. The lowest BCUT2D eigenvalue weighted by molar-refractivity contribution is -0.146. The fourth-order valence-electron chi connectivity index (χ4n) is 1.67. The number of aliphatic hydroxyl groups excluding tert-OH is 1. The summed E-state index contributed by atoms with van der Waals surface area (Å²) in [5, 5.41) is 17.7. The fourth-order valence-corrected chi connectivity index (χ4v) is 1.67. The van der Waals surface area contributed by atoms with Crippen LogP contribution in [0.3, 0.4) is 0 Å². The molecular weight excluding hydrogens is 222 g/mol. The van der Waals surface area contributed by atoms with Crippen molar-refractivity contribution in [3.05, 3.63) is 29.7 Å². The summed E-state index contributed by atoms with van der Waals surface area (Å²) in [6.45, 7) is 1.77. The van der Waals surface area contributed by atoms with Crippen molar-refractivity contribution in [2.45, 2.75) is 25.9 Å². The number of nitrogens with zero attached hydrogens (tertiary/aromatic N) is 1.